The molecular weight excluding hydrogens is 373 g/mol. The van der Waals surface area contributed by atoms with Crippen molar-refractivity contribution >= 4 is 45.9 Å². The monoisotopic (exact) mass is 387 g/mol. The van der Waals surface area contributed by atoms with Crippen LogP contribution in [0.15, 0.2) is 55.0 Å². The van der Waals surface area contributed by atoms with Crippen LogP contribution in [0, 0.1) is 0 Å². The molecule has 132 valence electrons. The number of carboxylic acid groups (broad SMARTS) is 1. The number of halogens is 2. The van der Waals surface area contributed by atoms with Gasteiger partial charge < -0.3 is 10.4 Å². The van der Waals surface area contributed by atoms with Crippen LogP contribution in [0.25, 0.3) is 22.0 Å². The van der Waals surface area contributed by atoms with E-state index in [1.54, 1.807) is 24.4 Å². The molecule has 1 aromatic heterocycles. The van der Waals surface area contributed by atoms with E-state index in [1.807, 2.05) is 24.3 Å². The minimum Gasteiger partial charge on any atom is -0.481 e. The Bertz CT molecular complexity index is 984. The molecule has 3 rings (SSSR count). The Labute approximate surface area is 160 Å². The first-order valence-corrected chi connectivity index (χ1v) is 8.64. The average molecular weight is 388 g/mol. The number of aromatic nitrogens is 2. The van der Waals surface area contributed by atoms with Gasteiger partial charge in [-0.2, -0.15) is 0 Å². The highest BCUT2D eigenvalue weighted by Gasteiger charge is 2.11. The molecule has 2 N–H and O–H groups in total. The number of allylic oxidation sites excluding steroid dienone is 1. The van der Waals surface area contributed by atoms with Gasteiger partial charge >= 0.3 is 5.97 Å². The van der Waals surface area contributed by atoms with Gasteiger partial charge in [-0.1, -0.05) is 47.5 Å². The van der Waals surface area contributed by atoms with Gasteiger partial charge in [0.15, 0.2) is 0 Å². The Morgan fingerprint density at radius 1 is 1.15 bits per heavy atom. The minimum atomic E-state index is -0.830. The van der Waals surface area contributed by atoms with Crippen molar-refractivity contribution < 1.29 is 9.90 Å². The summed E-state index contributed by atoms with van der Waals surface area (Å²) in [4.78, 5) is 19.2. The number of nitrogens with one attached hydrogen (secondary N) is 1. The largest absolute Gasteiger partial charge is 0.481 e. The zero-order valence-electron chi connectivity index (χ0n) is 13.6. The number of carbonyl (C=O) groups is 1. The van der Waals surface area contributed by atoms with Gasteiger partial charge in [-0.3, -0.25) is 4.79 Å². The molecule has 0 aliphatic carbocycles. The number of anilines is 1. The maximum absolute atomic E-state index is 10.6. The summed E-state index contributed by atoms with van der Waals surface area (Å²) in [6.45, 7) is 0. The molecule has 0 aliphatic rings. The lowest BCUT2D eigenvalue weighted by molar-refractivity contribution is -0.136. The Morgan fingerprint density at radius 2 is 2.00 bits per heavy atom. The second kappa shape index (κ2) is 8.17. The van der Waals surface area contributed by atoms with E-state index in [-0.39, 0.29) is 6.42 Å². The molecule has 5 nitrogen and oxygen atoms in total. The summed E-state index contributed by atoms with van der Waals surface area (Å²) in [5.41, 5.74) is 2.60. The van der Waals surface area contributed by atoms with Gasteiger partial charge in [0, 0.05) is 6.42 Å². The number of carboxylic acids is 1. The van der Waals surface area contributed by atoms with Gasteiger partial charge in [0.1, 0.15) is 12.1 Å². The molecule has 3 aromatic rings. The van der Waals surface area contributed by atoms with Gasteiger partial charge in [-0.25, -0.2) is 9.97 Å². The highest BCUT2D eigenvalue weighted by atomic mass is 35.5. The second-order valence-electron chi connectivity index (χ2n) is 5.53. The van der Waals surface area contributed by atoms with Crippen LogP contribution >= 0.6 is 23.2 Å². The summed E-state index contributed by atoms with van der Waals surface area (Å²) in [6, 6.07) is 11.2. The molecule has 0 bridgehead atoms. The first-order chi connectivity index (χ1) is 12.6. The van der Waals surface area contributed by atoms with Crippen LogP contribution in [0.2, 0.25) is 10.0 Å². The third-order valence-corrected chi connectivity index (χ3v) is 4.50. The average Bonchev–Trinajstić information content (AvgIpc) is 2.63. The SMILES string of the molecule is O=C(O)CC/C=C/Nc1ncnc2cccc(-c3ccc(Cl)c(Cl)c3)c12. The Balaban J connectivity index is 1.99. The molecule has 0 amide bonds. The van der Waals surface area contributed by atoms with Crippen LogP contribution in [-0.2, 0) is 4.79 Å². The van der Waals surface area contributed by atoms with Crippen molar-refractivity contribution in [2.24, 2.45) is 0 Å². The molecule has 0 fully saturated rings. The van der Waals surface area contributed by atoms with Crippen molar-refractivity contribution in [3.63, 3.8) is 0 Å². The standard InChI is InChI=1S/C19H15Cl2N3O2/c20-14-8-7-12(10-15(14)21)13-4-3-5-16-18(13)19(24-11-23-16)22-9-2-1-6-17(25)26/h2-5,7-11H,1,6H2,(H,25,26)(H,22,23,24)/b9-2+. The number of hydrogen-bond donors (Lipinski definition) is 2. The van der Waals surface area contributed by atoms with E-state index in [1.165, 1.54) is 6.33 Å². The van der Waals surface area contributed by atoms with E-state index in [0.29, 0.717) is 22.3 Å². The van der Waals surface area contributed by atoms with Gasteiger partial charge in [-0.15, -0.1) is 0 Å². The summed E-state index contributed by atoms with van der Waals surface area (Å²) in [6.07, 6.45) is 5.44. The van der Waals surface area contributed by atoms with E-state index in [2.05, 4.69) is 15.3 Å². The maximum atomic E-state index is 10.6. The lowest BCUT2D eigenvalue weighted by atomic mass is 10.0. The van der Waals surface area contributed by atoms with Crippen LogP contribution in [0.3, 0.4) is 0 Å². The summed E-state index contributed by atoms with van der Waals surface area (Å²) in [5, 5.41) is 13.6. The highest BCUT2D eigenvalue weighted by molar-refractivity contribution is 6.42. The smallest absolute Gasteiger partial charge is 0.303 e. The molecule has 0 saturated carbocycles. The van der Waals surface area contributed by atoms with Crippen molar-refractivity contribution in [2.45, 2.75) is 12.8 Å². The number of rotatable bonds is 6. The minimum absolute atomic E-state index is 0.0806. The molecule has 0 unspecified atom stereocenters. The third-order valence-electron chi connectivity index (χ3n) is 3.76. The molecule has 1 heterocycles. The number of fused-ring (bicyclic) bond motifs is 1. The Kier molecular flexibility index (Phi) is 5.71. The Hall–Kier alpha value is -2.63. The highest BCUT2D eigenvalue weighted by Crippen LogP contribution is 2.34. The summed E-state index contributed by atoms with van der Waals surface area (Å²) < 4.78 is 0. The van der Waals surface area contributed by atoms with Crippen LogP contribution in [0.1, 0.15) is 12.8 Å². The molecule has 26 heavy (non-hydrogen) atoms. The van der Waals surface area contributed by atoms with E-state index in [0.717, 1.165) is 22.0 Å². The van der Waals surface area contributed by atoms with Crippen LogP contribution in [0.4, 0.5) is 5.82 Å². The normalized spacial score (nSPS) is 11.2. The quantitative estimate of drug-likeness (QED) is 0.592. The number of benzene rings is 2. The first-order valence-electron chi connectivity index (χ1n) is 7.89. The molecule has 7 heteroatoms. The van der Waals surface area contributed by atoms with Crippen molar-refractivity contribution in [1.82, 2.24) is 9.97 Å². The van der Waals surface area contributed by atoms with Gasteiger partial charge in [0.2, 0.25) is 0 Å². The molecular formula is C19H15Cl2N3O2. The fraction of sp³-hybridized carbons (Fsp3) is 0.105. The number of nitrogens with zero attached hydrogens (tertiary/aromatic N) is 2. The van der Waals surface area contributed by atoms with Gasteiger partial charge in [0.05, 0.1) is 20.9 Å². The predicted octanol–water partition coefficient (Wildman–Crippen LogP) is 5.39. The summed E-state index contributed by atoms with van der Waals surface area (Å²) >= 11 is 12.2. The van der Waals surface area contributed by atoms with Gasteiger partial charge in [-0.05, 0) is 41.9 Å². The molecule has 0 aliphatic heterocycles. The summed E-state index contributed by atoms with van der Waals surface area (Å²) in [5.74, 6) is -0.202. The van der Waals surface area contributed by atoms with Crippen LogP contribution < -0.4 is 5.32 Å². The predicted molar refractivity (Wildman–Crippen MR) is 105 cm³/mol. The molecule has 0 atom stereocenters. The topological polar surface area (TPSA) is 75.1 Å². The van der Waals surface area contributed by atoms with Gasteiger partial charge in [0.25, 0.3) is 0 Å². The van der Waals surface area contributed by atoms with Crippen LogP contribution in [-0.4, -0.2) is 21.0 Å². The molecule has 0 saturated heterocycles. The first kappa shape index (κ1) is 18.2. The summed E-state index contributed by atoms with van der Waals surface area (Å²) in [7, 11) is 0. The fourth-order valence-electron chi connectivity index (χ4n) is 2.55. The lowest BCUT2D eigenvalue weighted by Gasteiger charge is -2.11. The third kappa shape index (κ3) is 4.12. The second-order valence-corrected chi connectivity index (χ2v) is 6.34. The van der Waals surface area contributed by atoms with E-state index >= 15 is 0 Å². The molecule has 0 radical (unpaired) electrons. The van der Waals surface area contributed by atoms with Crippen molar-refractivity contribution in [3.8, 4) is 11.1 Å². The van der Waals surface area contributed by atoms with E-state index in [9.17, 15) is 4.79 Å². The maximum Gasteiger partial charge on any atom is 0.303 e. The van der Waals surface area contributed by atoms with E-state index < -0.39 is 5.97 Å². The van der Waals surface area contributed by atoms with Crippen LogP contribution in [0.5, 0.6) is 0 Å². The Morgan fingerprint density at radius 3 is 2.77 bits per heavy atom. The number of hydrogen-bond acceptors (Lipinski definition) is 4. The van der Waals surface area contributed by atoms with E-state index in [4.69, 9.17) is 28.3 Å². The van der Waals surface area contributed by atoms with Crippen molar-refractivity contribution in [2.75, 3.05) is 5.32 Å². The zero-order chi connectivity index (χ0) is 18.5. The molecule has 2 aromatic carbocycles. The number of aliphatic carboxylic acids is 1. The lowest BCUT2D eigenvalue weighted by Crippen LogP contribution is -1.97. The van der Waals surface area contributed by atoms with Crippen molar-refractivity contribution in [1.29, 1.82) is 0 Å². The molecule has 0 spiro atoms. The zero-order valence-corrected chi connectivity index (χ0v) is 15.1. The fourth-order valence-corrected chi connectivity index (χ4v) is 2.85. The van der Waals surface area contributed by atoms with Crippen molar-refractivity contribution in [3.05, 3.63) is 65.0 Å².